The van der Waals surface area contributed by atoms with Crippen molar-refractivity contribution in [2.24, 2.45) is 5.92 Å². The Kier molecular flexibility index (Phi) is 9.88. The number of nitrogens with zero attached hydrogens (tertiary/aromatic N) is 2. The third kappa shape index (κ3) is 6.56. The number of ether oxygens (including phenoxy) is 2. The van der Waals surface area contributed by atoms with Crippen LogP contribution in [0.25, 0.3) is 0 Å². The van der Waals surface area contributed by atoms with Gasteiger partial charge in [0.25, 0.3) is 5.91 Å². The monoisotopic (exact) mass is 670 g/mol. The first-order valence-electron chi connectivity index (χ1n) is 15.6. The van der Waals surface area contributed by atoms with Crippen LogP contribution in [0.3, 0.4) is 0 Å². The van der Waals surface area contributed by atoms with Gasteiger partial charge in [0.05, 0.1) is 23.3 Å². The number of carbonyl (C=O) groups is 2. The number of fused-ring (bicyclic) bond motifs is 1. The summed E-state index contributed by atoms with van der Waals surface area (Å²) in [5.74, 6) is -1.57. The zero-order chi connectivity index (χ0) is 33.4. The van der Waals surface area contributed by atoms with E-state index in [1.165, 1.54) is 18.1 Å². The van der Waals surface area contributed by atoms with E-state index in [-0.39, 0.29) is 36.1 Å². The summed E-state index contributed by atoms with van der Waals surface area (Å²) < 4.78 is 28.3. The van der Waals surface area contributed by atoms with Crippen LogP contribution in [0.5, 0.6) is 0 Å². The molecule has 46 heavy (non-hydrogen) atoms. The topological polar surface area (TPSA) is 79.3 Å². The van der Waals surface area contributed by atoms with Crippen LogP contribution in [-0.4, -0.2) is 59.1 Å². The SMILES string of the molecule is CC[C@@](O)(c1cc(F)c2c(c1)C(=O)N(Cc1ccc(Cl)cc1)[C@@]2(OC)c1ccc(Cl)cc1)C1CCN(CC(=O)OC(C)(C)C)CC1. The van der Waals surface area contributed by atoms with E-state index < -0.39 is 28.7 Å². The molecule has 10 heteroatoms. The van der Waals surface area contributed by atoms with Crippen LogP contribution in [0.2, 0.25) is 10.0 Å². The lowest BCUT2D eigenvalue weighted by molar-refractivity contribution is -0.156. The Hall–Kier alpha value is -3.01. The highest BCUT2D eigenvalue weighted by atomic mass is 35.5. The predicted octanol–water partition coefficient (Wildman–Crippen LogP) is 7.29. The molecule has 0 spiro atoms. The molecular weight excluding hydrogens is 630 g/mol. The van der Waals surface area contributed by atoms with Crippen molar-refractivity contribution in [2.75, 3.05) is 26.7 Å². The predicted molar refractivity (Wildman–Crippen MR) is 176 cm³/mol. The van der Waals surface area contributed by atoms with E-state index in [1.807, 2.05) is 44.7 Å². The number of esters is 1. The molecule has 2 atom stereocenters. The molecule has 0 aromatic heterocycles. The van der Waals surface area contributed by atoms with E-state index in [0.717, 1.165) is 5.56 Å². The molecule has 0 aliphatic carbocycles. The van der Waals surface area contributed by atoms with E-state index in [1.54, 1.807) is 42.5 Å². The quantitative estimate of drug-likeness (QED) is 0.241. The highest BCUT2D eigenvalue weighted by Gasteiger charge is 2.54. The highest BCUT2D eigenvalue weighted by molar-refractivity contribution is 6.30. The van der Waals surface area contributed by atoms with Crippen molar-refractivity contribution < 1.29 is 28.6 Å². The number of amides is 1. The van der Waals surface area contributed by atoms with Crippen LogP contribution < -0.4 is 0 Å². The Morgan fingerprint density at radius 2 is 1.61 bits per heavy atom. The number of piperidine rings is 1. The van der Waals surface area contributed by atoms with Gasteiger partial charge in [0.1, 0.15) is 11.4 Å². The Labute approximate surface area is 280 Å². The number of halogens is 3. The van der Waals surface area contributed by atoms with Gasteiger partial charge in [0.2, 0.25) is 0 Å². The normalized spacial score (nSPS) is 20.5. The number of benzene rings is 3. The molecule has 0 unspecified atom stereocenters. The van der Waals surface area contributed by atoms with Gasteiger partial charge >= 0.3 is 5.97 Å². The van der Waals surface area contributed by atoms with Gasteiger partial charge in [-0.15, -0.1) is 0 Å². The number of aliphatic hydroxyl groups is 1. The number of likely N-dealkylation sites (tertiary alicyclic amines) is 1. The zero-order valence-corrected chi connectivity index (χ0v) is 28.4. The smallest absolute Gasteiger partial charge is 0.320 e. The van der Waals surface area contributed by atoms with Crippen LogP contribution in [0.15, 0.2) is 60.7 Å². The fraction of sp³-hybridized carbons (Fsp3) is 0.444. The summed E-state index contributed by atoms with van der Waals surface area (Å²) in [6.07, 6.45) is 1.50. The first-order chi connectivity index (χ1) is 21.7. The molecule has 0 bridgehead atoms. The lowest BCUT2D eigenvalue weighted by atomic mass is 9.73. The number of hydrogen-bond acceptors (Lipinski definition) is 6. The molecule has 246 valence electrons. The van der Waals surface area contributed by atoms with Gasteiger partial charge in [0.15, 0.2) is 5.72 Å². The van der Waals surface area contributed by atoms with Crippen LogP contribution in [-0.2, 0) is 32.1 Å². The van der Waals surface area contributed by atoms with E-state index in [4.69, 9.17) is 32.7 Å². The van der Waals surface area contributed by atoms with Crippen molar-refractivity contribution in [1.29, 1.82) is 0 Å². The van der Waals surface area contributed by atoms with E-state index in [9.17, 15) is 14.7 Å². The fourth-order valence-corrected chi connectivity index (χ4v) is 7.16. The summed E-state index contributed by atoms with van der Waals surface area (Å²) in [7, 11) is 1.45. The van der Waals surface area contributed by atoms with Crippen LogP contribution in [0.4, 0.5) is 4.39 Å². The Morgan fingerprint density at radius 1 is 1.02 bits per heavy atom. The molecule has 1 fully saturated rings. The minimum Gasteiger partial charge on any atom is -0.459 e. The summed E-state index contributed by atoms with van der Waals surface area (Å²) in [5, 5.41) is 13.2. The van der Waals surface area contributed by atoms with Gasteiger partial charge in [-0.25, -0.2) is 4.39 Å². The van der Waals surface area contributed by atoms with Crippen LogP contribution in [0, 0.1) is 11.7 Å². The van der Waals surface area contributed by atoms with Crippen LogP contribution >= 0.6 is 23.2 Å². The molecule has 2 aliphatic heterocycles. The van der Waals surface area contributed by atoms with Gasteiger partial charge < -0.3 is 14.6 Å². The zero-order valence-electron chi connectivity index (χ0n) is 26.9. The molecule has 1 N–H and O–H groups in total. The van der Waals surface area contributed by atoms with Crippen molar-refractivity contribution in [2.45, 2.75) is 70.4 Å². The fourth-order valence-electron chi connectivity index (χ4n) is 6.91. The minimum absolute atomic E-state index is 0.0886. The van der Waals surface area contributed by atoms with Gasteiger partial charge in [-0.3, -0.25) is 19.4 Å². The molecule has 2 aliphatic rings. The van der Waals surface area contributed by atoms with Gasteiger partial charge in [-0.05, 0) is 107 Å². The van der Waals surface area contributed by atoms with E-state index in [0.29, 0.717) is 53.5 Å². The van der Waals surface area contributed by atoms with Gasteiger partial charge in [-0.2, -0.15) is 0 Å². The second kappa shape index (κ2) is 13.2. The summed E-state index contributed by atoms with van der Waals surface area (Å²) in [5.41, 5.74) is -1.66. The Bertz CT molecular complexity index is 1590. The van der Waals surface area contributed by atoms with Crippen LogP contribution in [0.1, 0.15) is 79.6 Å². The van der Waals surface area contributed by atoms with Crippen molar-refractivity contribution >= 4 is 35.1 Å². The summed E-state index contributed by atoms with van der Waals surface area (Å²) >= 11 is 12.3. The molecule has 3 aromatic rings. The van der Waals surface area contributed by atoms with Gasteiger partial charge in [0, 0.05) is 29.3 Å². The molecule has 5 rings (SSSR count). The summed E-state index contributed by atoms with van der Waals surface area (Å²) in [6, 6.07) is 16.9. The molecule has 2 heterocycles. The molecule has 3 aromatic carbocycles. The lowest BCUT2D eigenvalue weighted by Crippen LogP contribution is -2.46. The highest BCUT2D eigenvalue weighted by Crippen LogP contribution is 2.49. The summed E-state index contributed by atoms with van der Waals surface area (Å²) in [4.78, 5) is 30.2. The number of carbonyl (C=O) groups excluding carboxylic acids is 2. The first-order valence-corrected chi connectivity index (χ1v) is 16.4. The van der Waals surface area contributed by atoms with Crippen molar-refractivity contribution in [1.82, 2.24) is 9.80 Å². The molecular formula is C36H41Cl2FN2O5. The van der Waals surface area contributed by atoms with Crippen molar-refractivity contribution in [3.05, 3.63) is 104 Å². The minimum atomic E-state index is -1.59. The number of rotatable bonds is 9. The lowest BCUT2D eigenvalue weighted by Gasteiger charge is -2.42. The Morgan fingerprint density at radius 3 is 2.15 bits per heavy atom. The summed E-state index contributed by atoms with van der Waals surface area (Å²) in [6.45, 7) is 8.81. The Balaban J connectivity index is 1.50. The largest absolute Gasteiger partial charge is 0.459 e. The molecule has 0 saturated carbocycles. The average molecular weight is 672 g/mol. The second-order valence-electron chi connectivity index (χ2n) is 13.2. The third-order valence-electron chi connectivity index (χ3n) is 9.14. The van der Waals surface area contributed by atoms with Gasteiger partial charge in [-0.1, -0.05) is 54.4 Å². The third-order valence-corrected chi connectivity index (χ3v) is 9.65. The maximum absolute atomic E-state index is 16.6. The molecule has 1 amide bonds. The molecule has 0 radical (unpaired) electrons. The van der Waals surface area contributed by atoms with E-state index in [2.05, 4.69) is 0 Å². The maximum atomic E-state index is 16.6. The number of methoxy groups -OCH3 is 1. The van der Waals surface area contributed by atoms with Crippen molar-refractivity contribution in [3.63, 3.8) is 0 Å². The number of hydrogen-bond donors (Lipinski definition) is 1. The maximum Gasteiger partial charge on any atom is 0.320 e. The molecule has 1 saturated heterocycles. The first kappa shape index (κ1) is 34.3. The van der Waals surface area contributed by atoms with E-state index >= 15 is 4.39 Å². The standard InChI is InChI=1S/C36H41Cl2FN2O5/c1-6-35(44,24-15-17-40(18-16-24)22-31(42)46-34(2,3)4)26-19-29-32(30(39)20-26)36(45-5,25-9-13-28(38)14-10-25)41(33(29)43)21-23-7-11-27(37)12-8-23/h7-14,19-20,24,44H,6,15-18,21-22H2,1-5H3/t35-,36+/m0/s1. The second-order valence-corrected chi connectivity index (χ2v) is 14.0. The molecule has 7 nitrogen and oxygen atoms in total. The van der Waals surface area contributed by atoms with Crippen molar-refractivity contribution in [3.8, 4) is 0 Å². The average Bonchev–Trinajstić information content (AvgIpc) is 3.25.